The van der Waals surface area contributed by atoms with Crippen LogP contribution in [0.2, 0.25) is 0 Å². The van der Waals surface area contributed by atoms with Crippen molar-refractivity contribution in [3.63, 3.8) is 0 Å². The average molecular weight is 287 g/mol. The van der Waals surface area contributed by atoms with Gasteiger partial charge in [-0.2, -0.15) is 0 Å². The molecule has 2 aromatic carbocycles. The number of hydrogen-bond donors (Lipinski definition) is 1. The lowest BCUT2D eigenvalue weighted by Crippen LogP contribution is -2.23. The third kappa shape index (κ3) is 3.42. The quantitative estimate of drug-likeness (QED) is 0.864. The number of rotatable bonds is 6. The van der Waals surface area contributed by atoms with Crippen molar-refractivity contribution in [1.29, 1.82) is 0 Å². The van der Waals surface area contributed by atoms with E-state index in [-0.39, 0.29) is 11.9 Å². The highest BCUT2D eigenvalue weighted by Gasteiger charge is 2.21. The number of methoxy groups -OCH3 is 1. The minimum absolute atomic E-state index is 0.211. The molecular weight excluding hydrogens is 265 g/mol. The average Bonchev–Trinajstić information content (AvgIpc) is 2.53. The van der Waals surface area contributed by atoms with E-state index in [1.165, 1.54) is 11.6 Å². The van der Waals surface area contributed by atoms with E-state index >= 15 is 0 Å². The van der Waals surface area contributed by atoms with Crippen molar-refractivity contribution < 1.29 is 9.13 Å². The first kappa shape index (κ1) is 15.5. The first-order valence-corrected chi connectivity index (χ1v) is 7.35. The monoisotopic (exact) mass is 287 g/mol. The van der Waals surface area contributed by atoms with Crippen molar-refractivity contribution in [3.8, 4) is 5.75 Å². The van der Waals surface area contributed by atoms with Gasteiger partial charge in [0.2, 0.25) is 0 Å². The summed E-state index contributed by atoms with van der Waals surface area (Å²) in [5, 5.41) is 3.35. The van der Waals surface area contributed by atoms with E-state index < -0.39 is 0 Å². The van der Waals surface area contributed by atoms with Gasteiger partial charge in [-0.05, 0) is 36.2 Å². The molecule has 0 aromatic heterocycles. The second-order valence-electron chi connectivity index (χ2n) is 4.94. The highest BCUT2D eigenvalue weighted by Crippen LogP contribution is 2.32. The highest BCUT2D eigenvalue weighted by molar-refractivity contribution is 5.43. The SMILES string of the molecule is CCNC(c1ccc(CC)cc1)c1c(F)cccc1OC. The van der Waals surface area contributed by atoms with Gasteiger partial charge < -0.3 is 10.1 Å². The first-order valence-electron chi connectivity index (χ1n) is 7.35. The lowest BCUT2D eigenvalue weighted by Gasteiger charge is -2.22. The standard InChI is InChI=1S/C18H22FNO/c1-4-13-9-11-14(12-10-13)18(20-5-2)17-15(19)7-6-8-16(17)21-3/h6-12,18,20H,4-5H2,1-3H3. The molecular formula is C18H22FNO. The van der Waals surface area contributed by atoms with Crippen molar-refractivity contribution in [3.05, 3.63) is 65.0 Å². The summed E-state index contributed by atoms with van der Waals surface area (Å²) in [5.41, 5.74) is 2.87. The molecule has 1 N–H and O–H groups in total. The Labute approximate surface area is 126 Å². The summed E-state index contributed by atoms with van der Waals surface area (Å²) < 4.78 is 19.7. The van der Waals surface area contributed by atoms with Gasteiger partial charge in [-0.1, -0.05) is 44.2 Å². The van der Waals surface area contributed by atoms with E-state index in [1.54, 1.807) is 19.2 Å². The summed E-state index contributed by atoms with van der Waals surface area (Å²) in [7, 11) is 1.57. The van der Waals surface area contributed by atoms with Gasteiger partial charge in [0.1, 0.15) is 11.6 Å². The van der Waals surface area contributed by atoms with Crippen LogP contribution in [0.4, 0.5) is 4.39 Å². The third-order valence-electron chi connectivity index (χ3n) is 3.65. The van der Waals surface area contributed by atoms with Gasteiger partial charge in [-0.15, -0.1) is 0 Å². The van der Waals surface area contributed by atoms with Crippen LogP contribution in [0.3, 0.4) is 0 Å². The van der Waals surface area contributed by atoms with Crippen LogP contribution in [-0.4, -0.2) is 13.7 Å². The van der Waals surface area contributed by atoms with Crippen LogP contribution in [0.25, 0.3) is 0 Å². The number of benzene rings is 2. The predicted octanol–water partition coefficient (Wildman–Crippen LogP) is 4.10. The van der Waals surface area contributed by atoms with Gasteiger partial charge in [-0.25, -0.2) is 4.39 Å². The van der Waals surface area contributed by atoms with Crippen LogP contribution in [0.15, 0.2) is 42.5 Å². The number of ether oxygens (including phenoxy) is 1. The van der Waals surface area contributed by atoms with E-state index in [1.807, 2.05) is 6.92 Å². The Balaban J connectivity index is 2.47. The summed E-state index contributed by atoms with van der Waals surface area (Å²) in [4.78, 5) is 0. The van der Waals surface area contributed by atoms with Crippen molar-refractivity contribution in [2.75, 3.05) is 13.7 Å². The van der Waals surface area contributed by atoms with E-state index in [2.05, 4.69) is 36.5 Å². The second kappa shape index (κ2) is 7.23. The van der Waals surface area contributed by atoms with Gasteiger partial charge in [0.05, 0.1) is 18.7 Å². The zero-order chi connectivity index (χ0) is 15.2. The Morgan fingerprint density at radius 2 is 1.81 bits per heavy atom. The Hall–Kier alpha value is -1.87. The number of halogens is 1. The molecule has 0 bridgehead atoms. The number of aryl methyl sites for hydroxylation is 1. The molecule has 0 fully saturated rings. The Bertz CT molecular complexity index is 580. The maximum Gasteiger partial charge on any atom is 0.132 e. The largest absolute Gasteiger partial charge is 0.496 e. The Kier molecular flexibility index (Phi) is 5.34. The Morgan fingerprint density at radius 1 is 1.10 bits per heavy atom. The number of hydrogen-bond acceptors (Lipinski definition) is 2. The minimum Gasteiger partial charge on any atom is -0.496 e. The molecule has 1 unspecified atom stereocenters. The smallest absolute Gasteiger partial charge is 0.132 e. The molecule has 2 nitrogen and oxygen atoms in total. The minimum atomic E-state index is -0.250. The maximum atomic E-state index is 14.3. The van der Waals surface area contributed by atoms with Gasteiger partial charge >= 0.3 is 0 Å². The molecule has 0 spiro atoms. The van der Waals surface area contributed by atoms with E-state index in [9.17, 15) is 4.39 Å². The van der Waals surface area contributed by atoms with Gasteiger partial charge in [0.25, 0.3) is 0 Å². The maximum absolute atomic E-state index is 14.3. The van der Waals surface area contributed by atoms with Crippen LogP contribution in [-0.2, 0) is 6.42 Å². The van der Waals surface area contributed by atoms with E-state index in [0.717, 1.165) is 18.5 Å². The molecule has 0 amide bonds. The van der Waals surface area contributed by atoms with Crippen molar-refractivity contribution in [2.24, 2.45) is 0 Å². The molecule has 3 heteroatoms. The normalized spacial score (nSPS) is 12.2. The van der Waals surface area contributed by atoms with Crippen LogP contribution in [0.5, 0.6) is 5.75 Å². The van der Waals surface area contributed by atoms with Crippen LogP contribution < -0.4 is 10.1 Å². The lowest BCUT2D eigenvalue weighted by atomic mass is 9.96. The molecule has 21 heavy (non-hydrogen) atoms. The van der Waals surface area contributed by atoms with Gasteiger partial charge in [0, 0.05) is 0 Å². The first-order chi connectivity index (χ1) is 10.2. The Morgan fingerprint density at radius 3 is 2.38 bits per heavy atom. The summed E-state index contributed by atoms with van der Waals surface area (Å²) in [6, 6.07) is 13.0. The molecule has 0 aliphatic heterocycles. The zero-order valence-corrected chi connectivity index (χ0v) is 12.8. The fourth-order valence-electron chi connectivity index (χ4n) is 2.51. The van der Waals surface area contributed by atoms with Crippen molar-refractivity contribution in [1.82, 2.24) is 5.32 Å². The molecule has 0 saturated carbocycles. The summed E-state index contributed by atoms with van der Waals surface area (Å²) in [6.45, 7) is 4.88. The molecule has 0 heterocycles. The molecule has 112 valence electrons. The molecule has 0 saturated heterocycles. The summed E-state index contributed by atoms with van der Waals surface area (Å²) in [5.74, 6) is 0.320. The van der Waals surface area contributed by atoms with Crippen molar-refractivity contribution in [2.45, 2.75) is 26.3 Å². The summed E-state index contributed by atoms with van der Waals surface area (Å²) >= 11 is 0. The summed E-state index contributed by atoms with van der Waals surface area (Å²) in [6.07, 6.45) is 0.995. The van der Waals surface area contributed by atoms with Gasteiger partial charge in [0.15, 0.2) is 0 Å². The molecule has 0 aliphatic rings. The van der Waals surface area contributed by atoms with Crippen molar-refractivity contribution >= 4 is 0 Å². The van der Waals surface area contributed by atoms with Crippen LogP contribution in [0.1, 0.15) is 36.6 Å². The topological polar surface area (TPSA) is 21.3 Å². The molecule has 2 rings (SSSR count). The lowest BCUT2D eigenvalue weighted by molar-refractivity contribution is 0.397. The number of nitrogens with one attached hydrogen (secondary N) is 1. The molecule has 0 aliphatic carbocycles. The molecule has 0 radical (unpaired) electrons. The zero-order valence-electron chi connectivity index (χ0n) is 12.8. The highest BCUT2D eigenvalue weighted by atomic mass is 19.1. The predicted molar refractivity (Wildman–Crippen MR) is 84.3 cm³/mol. The molecule has 1 atom stereocenters. The van der Waals surface area contributed by atoms with E-state index in [0.29, 0.717) is 11.3 Å². The van der Waals surface area contributed by atoms with E-state index in [4.69, 9.17) is 4.74 Å². The van der Waals surface area contributed by atoms with Crippen LogP contribution in [0, 0.1) is 5.82 Å². The van der Waals surface area contributed by atoms with Crippen LogP contribution >= 0.6 is 0 Å². The molecule has 2 aromatic rings. The van der Waals surface area contributed by atoms with Gasteiger partial charge in [-0.3, -0.25) is 0 Å². The third-order valence-corrected chi connectivity index (χ3v) is 3.65. The fourth-order valence-corrected chi connectivity index (χ4v) is 2.51. The fraction of sp³-hybridized carbons (Fsp3) is 0.333. The second-order valence-corrected chi connectivity index (χ2v) is 4.94.